The number of pyridine rings is 1. The van der Waals surface area contributed by atoms with Gasteiger partial charge in [0.25, 0.3) is 0 Å². The van der Waals surface area contributed by atoms with E-state index >= 15 is 0 Å². The predicted molar refractivity (Wildman–Crippen MR) is 97.5 cm³/mol. The highest BCUT2D eigenvalue weighted by Gasteiger charge is 2.26. The molecule has 1 atom stereocenters. The molecule has 0 radical (unpaired) electrons. The number of sulfonamides is 1. The molecule has 26 heavy (non-hydrogen) atoms. The summed E-state index contributed by atoms with van der Waals surface area (Å²) in [4.78, 5) is 4.36. The first kappa shape index (κ1) is 19.3. The molecule has 1 aromatic carbocycles. The molecule has 1 aliphatic heterocycles. The predicted octanol–water partition coefficient (Wildman–Crippen LogP) is 4.39. The molecule has 140 valence electrons. The Morgan fingerprint density at radius 2 is 1.85 bits per heavy atom. The SMILES string of the molecule is C[C@@H](Sc1ccc(S(=O)(=O)N2CCCCC2)cn1)c1cc(F)ccc1F. The molecule has 0 unspecified atom stereocenters. The van der Waals surface area contributed by atoms with Crippen LogP contribution in [0.15, 0.2) is 46.5 Å². The van der Waals surface area contributed by atoms with Gasteiger partial charge in [0, 0.05) is 30.1 Å². The van der Waals surface area contributed by atoms with Gasteiger partial charge in [0.05, 0.1) is 5.03 Å². The molecule has 0 bridgehead atoms. The van der Waals surface area contributed by atoms with E-state index in [9.17, 15) is 17.2 Å². The van der Waals surface area contributed by atoms with Crippen LogP contribution in [0.5, 0.6) is 0 Å². The molecular formula is C18H20F2N2O2S2. The topological polar surface area (TPSA) is 50.3 Å². The van der Waals surface area contributed by atoms with Gasteiger partial charge in [-0.1, -0.05) is 18.2 Å². The van der Waals surface area contributed by atoms with E-state index in [4.69, 9.17) is 0 Å². The van der Waals surface area contributed by atoms with Crippen LogP contribution in [0.1, 0.15) is 37.0 Å². The highest BCUT2D eigenvalue weighted by atomic mass is 32.2. The molecule has 0 spiro atoms. The Bertz CT molecular complexity index is 867. The summed E-state index contributed by atoms with van der Waals surface area (Å²) in [7, 11) is -3.52. The van der Waals surface area contributed by atoms with Crippen LogP contribution in [0, 0.1) is 11.6 Å². The second-order valence-electron chi connectivity index (χ2n) is 6.22. The van der Waals surface area contributed by atoms with Crippen LogP contribution in [-0.2, 0) is 10.0 Å². The maximum Gasteiger partial charge on any atom is 0.244 e. The average Bonchev–Trinajstić information content (AvgIpc) is 2.65. The zero-order chi connectivity index (χ0) is 18.7. The fraction of sp³-hybridized carbons (Fsp3) is 0.389. The molecule has 0 saturated carbocycles. The van der Waals surface area contributed by atoms with Gasteiger partial charge in [-0.05, 0) is 50.1 Å². The van der Waals surface area contributed by atoms with Crippen molar-refractivity contribution in [1.29, 1.82) is 0 Å². The second-order valence-corrected chi connectivity index (χ2v) is 9.52. The Labute approximate surface area is 156 Å². The lowest BCUT2D eigenvalue weighted by molar-refractivity contribution is 0.346. The quantitative estimate of drug-likeness (QED) is 0.701. The number of aromatic nitrogens is 1. The van der Waals surface area contributed by atoms with Gasteiger partial charge in [0.1, 0.15) is 16.5 Å². The standard InChI is InChI=1S/C18H20F2N2O2S2/c1-13(16-11-14(19)5-7-17(16)20)25-18-8-6-15(12-21-18)26(23,24)22-9-3-2-4-10-22/h5-8,11-13H,2-4,9-10H2,1H3/t13-/m1/s1. The Balaban J connectivity index is 1.74. The van der Waals surface area contributed by atoms with Crippen molar-refractivity contribution >= 4 is 21.8 Å². The largest absolute Gasteiger partial charge is 0.249 e. The summed E-state index contributed by atoms with van der Waals surface area (Å²) < 4.78 is 53.9. The highest BCUT2D eigenvalue weighted by Crippen LogP contribution is 2.35. The average molecular weight is 398 g/mol. The summed E-state index contributed by atoms with van der Waals surface area (Å²) in [5, 5.41) is 0.196. The first-order chi connectivity index (χ1) is 12.4. The van der Waals surface area contributed by atoms with Gasteiger partial charge in [-0.25, -0.2) is 22.2 Å². The Morgan fingerprint density at radius 1 is 1.12 bits per heavy atom. The minimum Gasteiger partial charge on any atom is -0.249 e. The number of piperidine rings is 1. The number of hydrogen-bond acceptors (Lipinski definition) is 4. The number of thioether (sulfide) groups is 1. The molecule has 1 saturated heterocycles. The van der Waals surface area contributed by atoms with E-state index in [-0.39, 0.29) is 15.7 Å². The van der Waals surface area contributed by atoms with Gasteiger partial charge in [0.15, 0.2) is 0 Å². The fourth-order valence-electron chi connectivity index (χ4n) is 2.91. The number of halogens is 2. The van der Waals surface area contributed by atoms with Crippen molar-refractivity contribution in [2.45, 2.75) is 41.4 Å². The van der Waals surface area contributed by atoms with E-state index in [1.165, 1.54) is 34.4 Å². The zero-order valence-electron chi connectivity index (χ0n) is 14.4. The van der Waals surface area contributed by atoms with E-state index in [1.807, 2.05) is 0 Å². The molecule has 2 heterocycles. The number of rotatable bonds is 5. The molecule has 3 rings (SSSR count). The van der Waals surface area contributed by atoms with Crippen molar-refractivity contribution in [2.75, 3.05) is 13.1 Å². The molecule has 1 aliphatic rings. The maximum absolute atomic E-state index is 13.9. The van der Waals surface area contributed by atoms with E-state index in [1.54, 1.807) is 13.0 Å². The number of nitrogens with zero attached hydrogens (tertiary/aromatic N) is 2. The fourth-order valence-corrected chi connectivity index (χ4v) is 5.31. The van der Waals surface area contributed by atoms with Crippen LogP contribution in [0.25, 0.3) is 0 Å². The van der Waals surface area contributed by atoms with Gasteiger partial charge in [-0.15, -0.1) is 0 Å². The maximum atomic E-state index is 13.9. The van der Waals surface area contributed by atoms with Gasteiger partial charge >= 0.3 is 0 Å². The Hall–Kier alpha value is -1.51. The van der Waals surface area contributed by atoms with Crippen LogP contribution in [0.4, 0.5) is 8.78 Å². The first-order valence-electron chi connectivity index (χ1n) is 8.46. The second kappa shape index (κ2) is 8.02. The highest BCUT2D eigenvalue weighted by molar-refractivity contribution is 7.99. The third-order valence-electron chi connectivity index (χ3n) is 4.36. The summed E-state index contributed by atoms with van der Waals surface area (Å²) in [6.45, 7) is 2.83. The third kappa shape index (κ3) is 4.24. The number of hydrogen-bond donors (Lipinski definition) is 0. The Morgan fingerprint density at radius 3 is 2.50 bits per heavy atom. The van der Waals surface area contributed by atoms with E-state index < -0.39 is 21.7 Å². The van der Waals surface area contributed by atoms with Gasteiger partial charge in [0.2, 0.25) is 10.0 Å². The molecule has 0 aliphatic carbocycles. The van der Waals surface area contributed by atoms with E-state index in [0.29, 0.717) is 18.1 Å². The van der Waals surface area contributed by atoms with Crippen LogP contribution in [0.2, 0.25) is 0 Å². The molecular weight excluding hydrogens is 378 g/mol. The summed E-state index contributed by atoms with van der Waals surface area (Å²) in [6, 6.07) is 6.48. The lowest BCUT2D eigenvalue weighted by Crippen LogP contribution is -2.35. The minimum absolute atomic E-state index is 0.160. The van der Waals surface area contributed by atoms with Crippen molar-refractivity contribution in [3.8, 4) is 0 Å². The van der Waals surface area contributed by atoms with Crippen molar-refractivity contribution < 1.29 is 17.2 Å². The van der Waals surface area contributed by atoms with Crippen LogP contribution < -0.4 is 0 Å². The molecule has 0 amide bonds. The summed E-state index contributed by atoms with van der Waals surface area (Å²) in [6.07, 6.45) is 4.13. The monoisotopic (exact) mass is 398 g/mol. The Kier molecular flexibility index (Phi) is 5.94. The van der Waals surface area contributed by atoms with E-state index in [2.05, 4.69) is 4.98 Å². The van der Waals surface area contributed by atoms with Crippen molar-refractivity contribution in [1.82, 2.24) is 9.29 Å². The summed E-state index contributed by atoms with van der Waals surface area (Å²) in [5.41, 5.74) is 0.252. The van der Waals surface area contributed by atoms with E-state index in [0.717, 1.165) is 31.4 Å². The van der Waals surface area contributed by atoms with Crippen LogP contribution in [0.3, 0.4) is 0 Å². The smallest absolute Gasteiger partial charge is 0.244 e. The molecule has 2 aromatic rings. The molecule has 1 fully saturated rings. The molecule has 0 N–H and O–H groups in total. The third-order valence-corrected chi connectivity index (χ3v) is 7.33. The summed E-state index contributed by atoms with van der Waals surface area (Å²) >= 11 is 1.25. The normalized spacial score (nSPS) is 17.2. The van der Waals surface area contributed by atoms with Crippen molar-refractivity contribution in [3.05, 3.63) is 53.7 Å². The lowest BCUT2D eigenvalue weighted by Gasteiger charge is -2.25. The van der Waals surface area contributed by atoms with Crippen LogP contribution >= 0.6 is 11.8 Å². The van der Waals surface area contributed by atoms with Crippen molar-refractivity contribution in [2.24, 2.45) is 0 Å². The molecule has 1 aromatic heterocycles. The lowest BCUT2D eigenvalue weighted by atomic mass is 10.1. The van der Waals surface area contributed by atoms with Crippen LogP contribution in [-0.4, -0.2) is 30.8 Å². The molecule has 8 heteroatoms. The number of benzene rings is 1. The first-order valence-corrected chi connectivity index (χ1v) is 10.8. The zero-order valence-corrected chi connectivity index (χ0v) is 16.0. The van der Waals surface area contributed by atoms with Gasteiger partial charge in [-0.3, -0.25) is 0 Å². The molecule has 4 nitrogen and oxygen atoms in total. The van der Waals surface area contributed by atoms with Gasteiger partial charge in [-0.2, -0.15) is 4.31 Å². The van der Waals surface area contributed by atoms with Crippen molar-refractivity contribution in [3.63, 3.8) is 0 Å². The van der Waals surface area contributed by atoms with Gasteiger partial charge < -0.3 is 0 Å². The minimum atomic E-state index is -3.52. The summed E-state index contributed by atoms with van der Waals surface area (Å²) in [5.74, 6) is -0.972.